The van der Waals surface area contributed by atoms with Gasteiger partial charge in [-0.05, 0) is 42.5 Å². The quantitative estimate of drug-likeness (QED) is 0.532. The SMILES string of the molecule is O=c1[nH]c2ccc(Nc3ncc(-c4ccc(Cl)cc4)o3)cc2[nH]1. The first-order valence-electron chi connectivity index (χ1n) is 6.88. The van der Waals surface area contributed by atoms with Gasteiger partial charge in [-0.1, -0.05) is 11.6 Å². The number of aromatic nitrogens is 3. The predicted molar refractivity (Wildman–Crippen MR) is 89.2 cm³/mol. The molecule has 4 rings (SSSR count). The number of rotatable bonds is 3. The first-order chi connectivity index (χ1) is 11.2. The molecule has 114 valence electrons. The Morgan fingerprint density at radius 3 is 2.65 bits per heavy atom. The third kappa shape index (κ3) is 2.72. The highest BCUT2D eigenvalue weighted by molar-refractivity contribution is 6.30. The number of anilines is 2. The van der Waals surface area contributed by atoms with Gasteiger partial charge in [0.15, 0.2) is 5.76 Å². The van der Waals surface area contributed by atoms with Gasteiger partial charge < -0.3 is 19.7 Å². The standard InChI is InChI=1S/C16H11ClN4O2/c17-10-3-1-9(2-4-10)14-8-18-16(23-14)19-11-5-6-12-13(7-11)21-15(22)20-12/h1-8H,(H,18,19)(H2,20,21,22). The number of fused-ring (bicyclic) bond motifs is 1. The molecule has 7 heteroatoms. The maximum Gasteiger partial charge on any atom is 0.323 e. The average molecular weight is 327 g/mol. The van der Waals surface area contributed by atoms with E-state index in [0.29, 0.717) is 22.3 Å². The third-order valence-electron chi connectivity index (χ3n) is 3.40. The molecule has 0 aliphatic carbocycles. The van der Waals surface area contributed by atoms with E-state index in [0.717, 1.165) is 16.8 Å². The summed E-state index contributed by atoms with van der Waals surface area (Å²) >= 11 is 5.87. The second kappa shape index (κ2) is 5.33. The third-order valence-corrected chi connectivity index (χ3v) is 3.65. The van der Waals surface area contributed by atoms with E-state index >= 15 is 0 Å². The molecule has 0 radical (unpaired) electrons. The van der Waals surface area contributed by atoms with Crippen LogP contribution in [0.5, 0.6) is 0 Å². The van der Waals surface area contributed by atoms with Crippen molar-refractivity contribution in [3.05, 3.63) is 64.2 Å². The second-order valence-electron chi connectivity index (χ2n) is 5.00. The summed E-state index contributed by atoms with van der Waals surface area (Å²) in [6.45, 7) is 0. The molecule has 0 aliphatic rings. The molecule has 0 saturated heterocycles. The molecule has 2 heterocycles. The van der Waals surface area contributed by atoms with Gasteiger partial charge in [-0.25, -0.2) is 9.78 Å². The second-order valence-corrected chi connectivity index (χ2v) is 5.44. The summed E-state index contributed by atoms with van der Waals surface area (Å²) < 4.78 is 5.69. The summed E-state index contributed by atoms with van der Waals surface area (Å²) in [6, 6.07) is 13.1. The fourth-order valence-corrected chi connectivity index (χ4v) is 2.44. The molecular formula is C16H11ClN4O2. The zero-order valence-electron chi connectivity index (χ0n) is 11.8. The van der Waals surface area contributed by atoms with Gasteiger partial charge in [0.2, 0.25) is 0 Å². The highest BCUT2D eigenvalue weighted by atomic mass is 35.5. The molecule has 0 aliphatic heterocycles. The van der Waals surface area contributed by atoms with Gasteiger partial charge >= 0.3 is 5.69 Å². The summed E-state index contributed by atoms with van der Waals surface area (Å²) in [5, 5.41) is 3.73. The number of hydrogen-bond donors (Lipinski definition) is 3. The maximum atomic E-state index is 11.3. The molecule has 23 heavy (non-hydrogen) atoms. The fraction of sp³-hybridized carbons (Fsp3) is 0. The average Bonchev–Trinajstić information content (AvgIpc) is 3.13. The van der Waals surface area contributed by atoms with Crippen molar-refractivity contribution in [3.8, 4) is 11.3 Å². The van der Waals surface area contributed by atoms with Crippen molar-refractivity contribution < 1.29 is 4.42 Å². The van der Waals surface area contributed by atoms with Gasteiger partial charge in [-0.3, -0.25) is 0 Å². The summed E-state index contributed by atoms with van der Waals surface area (Å²) in [5.74, 6) is 0.639. The minimum Gasteiger partial charge on any atom is -0.423 e. The smallest absolute Gasteiger partial charge is 0.323 e. The number of nitrogens with zero attached hydrogens (tertiary/aromatic N) is 1. The van der Waals surface area contributed by atoms with E-state index < -0.39 is 0 Å². The minimum absolute atomic E-state index is 0.238. The molecule has 3 N–H and O–H groups in total. The Morgan fingerprint density at radius 2 is 1.83 bits per heavy atom. The van der Waals surface area contributed by atoms with Crippen LogP contribution in [-0.2, 0) is 0 Å². The van der Waals surface area contributed by atoms with Crippen LogP contribution >= 0.6 is 11.6 Å². The van der Waals surface area contributed by atoms with Crippen molar-refractivity contribution in [3.63, 3.8) is 0 Å². The summed E-state index contributed by atoms with van der Waals surface area (Å²) in [5.41, 5.74) is 2.87. The largest absolute Gasteiger partial charge is 0.423 e. The van der Waals surface area contributed by atoms with Crippen LogP contribution in [0.4, 0.5) is 11.7 Å². The number of oxazole rings is 1. The fourth-order valence-electron chi connectivity index (χ4n) is 2.31. The molecule has 0 fully saturated rings. The number of nitrogens with one attached hydrogen (secondary N) is 3. The van der Waals surface area contributed by atoms with Gasteiger partial charge in [0, 0.05) is 16.3 Å². The zero-order chi connectivity index (χ0) is 15.8. The Hall–Kier alpha value is -2.99. The first kappa shape index (κ1) is 13.7. The van der Waals surface area contributed by atoms with E-state index in [4.69, 9.17) is 16.0 Å². The highest BCUT2D eigenvalue weighted by Crippen LogP contribution is 2.26. The van der Waals surface area contributed by atoms with Crippen molar-refractivity contribution in [2.45, 2.75) is 0 Å². The molecule has 0 unspecified atom stereocenters. The van der Waals surface area contributed by atoms with E-state index in [-0.39, 0.29) is 5.69 Å². The molecule has 0 atom stereocenters. The van der Waals surface area contributed by atoms with E-state index in [9.17, 15) is 4.79 Å². The molecule has 4 aromatic rings. The number of hydrogen-bond acceptors (Lipinski definition) is 4. The molecule has 2 aromatic heterocycles. The Balaban J connectivity index is 1.60. The van der Waals surface area contributed by atoms with Gasteiger partial charge in [-0.2, -0.15) is 0 Å². The van der Waals surface area contributed by atoms with Crippen molar-refractivity contribution >= 4 is 34.3 Å². The van der Waals surface area contributed by atoms with Crippen LogP contribution in [0.15, 0.2) is 57.9 Å². The van der Waals surface area contributed by atoms with Crippen molar-refractivity contribution in [1.29, 1.82) is 0 Å². The molecule has 2 aromatic carbocycles. The van der Waals surface area contributed by atoms with Crippen LogP contribution in [0.2, 0.25) is 5.02 Å². The Bertz CT molecular complexity index is 1030. The lowest BCUT2D eigenvalue weighted by atomic mass is 10.2. The van der Waals surface area contributed by atoms with E-state index in [1.54, 1.807) is 30.5 Å². The Kier molecular flexibility index (Phi) is 3.17. The molecule has 0 spiro atoms. The number of H-pyrrole nitrogens is 2. The van der Waals surface area contributed by atoms with Crippen LogP contribution in [0.25, 0.3) is 22.4 Å². The van der Waals surface area contributed by atoms with E-state index in [2.05, 4.69) is 20.3 Å². The topological polar surface area (TPSA) is 86.7 Å². The molecule has 0 bridgehead atoms. The van der Waals surface area contributed by atoms with Gasteiger partial charge in [0.05, 0.1) is 17.2 Å². The van der Waals surface area contributed by atoms with Crippen LogP contribution in [0, 0.1) is 0 Å². The van der Waals surface area contributed by atoms with Gasteiger partial charge in [0.25, 0.3) is 6.01 Å². The normalized spacial score (nSPS) is 11.0. The summed E-state index contributed by atoms with van der Waals surface area (Å²) in [7, 11) is 0. The predicted octanol–water partition coefficient (Wildman–Crippen LogP) is 3.91. The summed E-state index contributed by atoms with van der Waals surface area (Å²) in [4.78, 5) is 20.9. The van der Waals surface area contributed by atoms with Crippen LogP contribution in [0.3, 0.4) is 0 Å². The minimum atomic E-state index is -0.238. The van der Waals surface area contributed by atoms with Crippen LogP contribution in [-0.4, -0.2) is 15.0 Å². The van der Waals surface area contributed by atoms with E-state index in [1.807, 2.05) is 18.2 Å². The molecule has 0 saturated carbocycles. The number of imidazole rings is 1. The first-order valence-corrected chi connectivity index (χ1v) is 7.26. The lowest BCUT2D eigenvalue weighted by Gasteiger charge is -2.01. The lowest BCUT2D eigenvalue weighted by molar-refractivity contribution is 0.592. The molecular weight excluding hydrogens is 316 g/mol. The van der Waals surface area contributed by atoms with Crippen molar-refractivity contribution in [2.24, 2.45) is 0 Å². The monoisotopic (exact) mass is 326 g/mol. The zero-order valence-corrected chi connectivity index (χ0v) is 12.5. The summed E-state index contributed by atoms with van der Waals surface area (Å²) in [6.07, 6.45) is 1.64. The molecule has 6 nitrogen and oxygen atoms in total. The maximum absolute atomic E-state index is 11.3. The van der Waals surface area contributed by atoms with Crippen LogP contribution < -0.4 is 11.0 Å². The van der Waals surface area contributed by atoms with Gasteiger partial charge in [-0.15, -0.1) is 0 Å². The number of halogens is 1. The Labute approximate surface area is 135 Å². The van der Waals surface area contributed by atoms with Gasteiger partial charge in [0.1, 0.15) is 0 Å². The lowest BCUT2D eigenvalue weighted by Crippen LogP contribution is -1.99. The van der Waals surface area contributed by atoms with Crippen molar-refractivity contribution in [1.82, 2.24) is 15.0 Å². The van der Waals surface area contributed by atoms with Crippen LogP contribution in [0.1, 0.15) is 0 Å². The van der Waals surface area contributed by atoms with Crippen molar-refractivity contribution in [2.75, 3.05) is 5.32 Å². The number of benzene rings is 2. The van der Waals surface area contributed by atoms with E-state index in [1.165, 1.54) is 0 Å². The number of aromatic amines is 2. The molecule has 0 amide bonds. The Morgan fingerprint density at radius 1 is 1.04 bits per heavy atom. The highest BCUT2D eigenvalue weighted by Gasteiger charge is 2.07.